The summed E-state index contributed by atoms with van der Waals surface area (Å²) in [6, 6.07) is 2.52. The molecule has 88 valence electrons. The first-order valence-electron chi connectivity index (χ1n) is 4.25. The van der Waals surface area contributed by atoms with Gasteiger partial charge in [-0.2, -0.15) is 13.2 Å². The van der Waals surface area contributed by atoms with E-state index in [-0.39, 0.29) is 17.3 Å². The van der Waals surface area contributed by atoms with Crippen molar-refractivity contribution < 1.29 is 18.0 Å². The first-order valence-corrected chi connectivity index (χ1v) is 4.78. The van der Waals surface area contributed by atoms with Gasteiger partial charge in [-0.3, -0.25) is 4.79 Å². The molecule has 0 aliphatic heterocycles. The monoisotopic (exact) mass is 252 g/mol. The molecule has 7 heteroatoms. The van der Waals surface area contributed by atoms with E-state index in [1.807, 2.05) is 0 Å². The van der Waals surface area contributed by atoms with Gasteiger partial charge in [-0.15, -0.1) is 11.6 Å². The Morgan fingerprint density at radius 1 is 1.50 bits per heavy atom. The van der Waals surface area contributed by atoms with E-state index in [0.717, 1.165) is 0 Å². The Balaban J connectivity index is 3.03. The van der Waals surface area contributed by atoms with Crippen LogP contribution in [0.3, 0.4) is 0 Å². The highest BCUT2D eigenvalue weighted by Gasteiger charge is 2.34. The SMILES string of the molecule is Cc1ccc(NC(=O)CCl)nc1C(F)(F)F. The number of amides is 1. The average molecular weight is 253 g/mol. The van der Waals surface area contributed by atoms with Crippen LogP contribution in [-0.2, 0) is 11.0 Å². The van der Waals surface area contributed by atoms with Crippen molar-refractivity contribution in [3.05, 3.63) is 23.4 Å². The molecule has 3 nitrogen and oxygen atoms in total. The maximum absolute atomic E-state index is 12.4. The molecule has 1 amide bonds. The summed E-state index contributed by atoms with van der Waals surface area (Å²) in [6.07, 6.45) is -4.54. The largest absolute Gasteiger partial charge is 0.433 e. The number of carbonyl (C=O) groups is 1. The smallest absolute Gasteiger partial charge is 0.310 e. The van der Waals surface area contributed by atoms with Crippen molar-refractivity contribution in [3.8, 4) is 0 Å². The van der Waals surface area contributed by atoms with Crippen LogP contribution in [0.2, 0.25) is 0 Å². The molecule has 0 saturated heterocycles. The standard InChI is InChI=1S/C9H8ClF3N2O/c1-5-2-3-6(14-7(16)4-10)15-8(5)9(11,12)13/h2-3H,4H2,1H3,(H,14,15,16). The van der Waals surface area contributed by atoms with Crippen LogP contribution in [0.5, 0.6) is 0 Å². The number of pyridine rings is 1. The molecule has 1 N–H and O–H groups in total. The molecular formula is C9H8ClF3N2O. The Kier molecular flexibility index (Phi) is 3.74. The van der Waals surface area contributed by atoms with Gasteiger partial charge in [-0.25, -0.2) is 4.98 Å². The Labute approximate surface area is 94.6 Å². The van der Waals surface area contributed by atoms with Gasteiger partial charge in [-0.05, 0) is 18.6 Å². The van der Waals surface area contributed by atoms with Crippen molar-refractivity contribution in [1.29, 1.82) is 0 Å². The number of hydrogen-bond donors (Lipinski definition) is 1. The summed E-state index contributed by atoms with van der Waals surface area (Å²) in [7, 11) is 0. The van der Waals surface area contributed by atoms with Crippen molar-refractivity contribution in [2.45, 2.75) is 13.1 Å². The molecule has 0 spiro atoms. The van der Waals surface area contributed by atoms with Gasteiger partial charge in [0.15, 0.2) is 0 Å². The molecule has 0 radical (unpaired) electrons. The zero-order chi connectivity index (χ0) is 12.3. The maximum atomic E-state index is 12.4. The molecule has 1 aromatic heterocycles. The van der Waals surface area contributed by atoms with Gasteiger partial charge in [-0.1, -0.05) is 6.07 Å². The van der Waals surface area contributed by atoms with Crippen molar-refractivity contribution in [2.24, 2.45) is 0 Å². The van der Waals surface area contributed by atoms with Crippen LogP contribution in [0.25, 0.3) is 0 Å². The molecule has 0 aliphatic carbocycles. The lowest BCUT2D eigenvalue weighted by atomic mass is 10.2. The molecule has 16 heavy (non-hydrogen) atoms. The van der Waals surface area contributed by atoms with Gasteiger partial charge in [0.2, 0.25) is 5.91 Å². The number of carbonyl (C=O) groups excluding carboxylic acids is 1. The fourth-order valence-corrected chi connectivity index (χ4v) is 1.13. The van der Waals surface area contributed by atoms with E-state index in [0.29, 0.717) is 0 Å². The third kappa shape index (κ3) is 3.10. The number of nitrogens with one attached hydrogen (secondary N) is 1. The molecule has 0 fully saturated rings. The second-order valence-corrected chi connectivity index (χ2v) is 3.31. The van der Waals surface area contributed by atoms with Gasteiger partial charge >= 0.3 is 6.18 Å². The highest BCUT2D eigenvalue weighted by molar-refractivity contribution is 6.28. The number of halogens is 4. The minimum atomic E-state index is -4.54. The summed E-state index contributed by atoms with van der Waals surface area (Å²) in [5.41, 5.74) is -1.02. The Morgan fingerprint density at radius 2 is 2.12 bits per heavy atom. The number of hydrogen-bond acceptors (Lipinski definition) is 2. The van der Waals surface area contributed by atoms with Gasteiger partial charge in [0, 0.05) is 0 Å². The fraction of sp³-hybridized carbons (Fsp3) is 0.333. The summed E-state index contributed by atoms with van der Waals surface area (Å²) in [6.45, 7) is 1.29. The van der Waals surface area contributed by atoms with Crippen molar-refractivity contribution in [3.63, 3.8) is 0 Å². The average Bonchev–Trinajstić information content (AvgIpc) is 2.19. The fourth-order valence-electron chi connectivity index (χ4n) is 1.06. The van der Waals surface area contributed by atoms with Crippen LogP contribution in [0.4, 0.5) is 19.0 Å². The predicted molar refractivity (Wildman–Crippen MR) is 53.3 cm³/mol. The molecule has 1 aromatic rings. The topological polar surface area (TPSA) is 42.0 Å². The van der Waals surface area contributed by atoms with Crippen LogP contribution in [-0.4, -0.2) is 16.8 Å². The molecule has 0 aromatic carbocycles. The summed E-state index contributed by atoms with van der Waals surface area (Å²) in [5.74, 6) is -1.11. The zero-order valence-corrected chi connectivity index (χ0v) is 8.99. The molecule has 0 unspecified atom stereocenters. The van der Waals surface area contributed by atoms with Crippen LogP contribution in [0.15, 0.2) is 12.1 Å². The summed E-state index contributed by atoms with van der Waals surface area (Å²) < 4.78 is 37.3. The third-order valence-corrected chi connectivity index (χ3v) is 2.00. The number of alkyl halides is 4. The quantitative estimate of drug-likeness (QED) is 0.822. The molecule has 0 aliphatic rings. The Morgan fingerprint density at radius 3 is 2.62 bits per heavy atom. The first-order chi connectivity index (χ1) is 7.34. The van der Waals surface area contributed by atoms with Crippen LogP contribution in [0.1, 0.15) is 11.3 Å². The lowest BCUT2D eigenvalue weighted by Gasteiger charge is -2.10. The van der Waals surface area contributed by atoms with Gasteiger partial charge < -0.3 is 5.32 Å². The molecule has 0 atom stereocenters. The molecule has 1 rings (SSSR count). The molecular weight excluding hydrogens is 245 g/mol. The van der Waals surface area contributed by atoms with E-state index in [1.165, 1.54) is 19.1 Å². The lowest BCUT2D eigenvalue weighted by molar-refractivity contribution is -0.141. The van der Waals surface area contributed by atoms with Crippen LogP contribution < -0.4 is 5.32 Å². The van der Waals surface area contributed by atoms with Crippen LogP contribution in [0, 0.1) is 6.92 Å². The zero-order valence-electron chi connectivity index (χ0n) is 8.23. The molecule has 0 bridgehead atoms. The number of aromatic nitrogens is 1. The predicted octanol–water partition coefficient (Wildman–Crippen LogP) is 2.59. The van der Waals surface area contributed by atoms with Gasteiger partial charge in [0.25, 0.3) is 0 Å². The van der Waals surface area contributed by atoms with Crippen molar-refractivity contribution in [2.75, 3.05) is 11.2 Å². The van der Waals surface area contributed by atoms with E-state index in [4.69, 9.17) is 11.6 Å². The summed E-state index contributed by atoms with van der Waals surface area (Å²) in [5, 5.41) is 2.15. The van der Waals surface area contributed by atoms with E-state index in [2.05, 4.69) is 10.3 Å². The van der Waals surface area contributed by atoms with E-state index >= 15 is 0 Å². The Hall–Kier alpha value is -1.30. The molecule has 0 saturated carbocycles. The van der Waals surface area contributed by atoms with Crippen molar-refractivity contribution >= 4 is 23.3 Å². The summed E-state index contributed by atoms with van der Waals surface area (Å²) >= 11 is 5.20. The number of rotatable bonds is 2. The number of aryl methyl sites for hydroxylation is 1. The van der Waals surface area contributed by atoms with E-state index in [1.54, 1.807) is 0 Å². The minimum Gasteiger partial charge on any atom is -0.310 e. The second kappa shape index (κ2) is 4.69. The van der Waals surface area contributed by atoms with Crippen molar-refractivity contribution in [1.82, 2.24) is 4.98 Å². The minimum absolute atomic E-state index is 0.00336. The third-order valence-electron chi connectivity index (χ3n) is 1.75. The number of anilines is 1. The summed E-state index contributed by atoms with van der Waals surface area (Å²) in [4.78, 5) is 14.2. The van der Waals surface area contributed by atoms with Gasteiger partial charge in [0.1, 0.15) is 17.4 Å². The van der Waals surface area contributed by atoms with Crippen LogP contribution >= 0.6 is 11.6 Å². The highest BCUT2D eigenvalue weighted by Crippen LogP contribution is 2.30. The lowest BCUT2D eigenvalue weighted by Crippen LogP contribution is -2.17. The maximum Gasteiger partial charge on any atom is 0.433 e. The number of nitrogens with zero attached hydrogens (tertiary/aromatic N) is 1. The molecule has 1 heterocycles. The van der Waals surface area contributed by atoms with E-state index < -0.39 is 17.8 Å². The van der Waals surface area contributed by atoms with Gasteiger partial charge in [0.05, 0.1) is 0 Å². The first kappa shape index (κ1) is 12.8. The second-order valence-electron chi connectivity index (χ2n) is 3.04. The normalized spacial score (nSPS) is 11.3. The highest BCUT2D eigenvalue weighted by atomic mass is 35.5. The Bertz CT molecular complexity index is 406. The van der Waals surface area contributed by atoms with E-state index in [9.17, 15) is 18.0 Å².